The molecule has 2 saturated heterocycles. The summed E-state index contributed by atoms with van der Waals surface area (Å²) in [6, 6.07) is 1.69. The lowest BCUT2D eigenvalue weighted by atomic mass is 9.95. The zero-order chi connectivity index (χ0) is 19.2. The SMILES string of the molecule is Cc1cc(NC(=O)C2CCN(C(=O)C(C)OCC3CCCCO3)CC2)no1. The molecular weight excluding hydrogens is 350 g/mol. The molecule has 8 heteroatoms. The van der Waals surface area contributed by atoms with Crippen molar-refractivity contribution in [1.29, 1.82) is 0 Å². The van der Waals surface area contributed by atoms with Gasteiger partial charge in [0.05, 0.1) is 12.7 Å². The van der Waals surface area contributed by atoms with Gasteiger partial charge in [0.25, 0.3) is 5.91 Å². The molecule has 8 nitrogen and oxygen atoms in total. The molecule has 0 radical (unpaired) electrons. The van der Waals surface area contributed by atoms with Gasteiger partial charge >= 0.3 is 0 Å². The van der Waals surface area contributed by atoms with E-state index in [4.69, 9.17) is 14.0 Å². The first-order valence-corrected chi connectivity index (χ1v) is 9.79. The summed E-state index contributed by atoms with van der Waals surface area (Å²) in [6.07, 6.45) is 4.12. The number of aromatic nitrogens is 1. The van der Waals surface area contributed by atoms with E-state index in [0.29, 0.717) is 44.1 Å². The van der Waals surface area contributed by atoms with E-state index in [-0.39, 0.29) is 23.8 Å². The number of rotatable bonds is 6. The molecule has 2 aliphatic rings. The largest absolute Gasteiger partial charge is 0.376 e. The molecule has 2 unspecified atom stereocenters. The summed E-state index contributed by atoms with van der Waals surface area (Å²) in [4.78, 5) is 26.7. The zero-order valence-electron chi connectivity index (χ0n) is 16.1. The van der Waals surface area contributed by atoms with Gasteiger partial charge < -0.3 is 24.2 Å². The highest BCUT2D eigenvalue weighted by molar-refractivity contribution is 5.92. The topological polar surface area (TPSA) is 93.9 Å². The lowest BCUT2D eigenvalue weighted by molar-refractivity contribution is -0.148. The number of hydrogen-bond donors (Lipinski definition) is 1. The van der Waals surface area contributed by atoms with Crippen LogP contribution in [0.4, 0.5) is 5.82 Å². The Balaban J connectivity index is 1.39. The van der Waals surface area contributed by atoms with Crippen molar-refractivity contribution in [3.8, 4) is 0 Å². The van der Waals surface area contributed by atoms with Crippen LogP contribution in [0.25, 0.3) is 0 Å². The lowest BCUT2D eigenvalue weighted by Gasteiger charge is -2.33. The van der Waals surface area contributed by atoms with Crippen molar-refractivity contribution >= 4 is 17.6 Å². The van der Waals surface area contributed by atoms with Crippen LogP contribution in [0.5, 0.6) is 0 Å². The second kappa shape index (κ2) is 9.32. The molecule has 0 saturated carbocycles. The van der Waals surface area contributed by atoms with Crippen LogP contribution in [0.15, 0.2) is 10.6 Å². The minimum Gasteiger partial charge on any atom is -0.376 e. The number of hydrogen-bond acceptors (Lipinski definition) is 6. The summed E-state index contributed by atoms with van der Waals surface area (Å²) >= 11 is 0. The van der Waals surface area contributed by atoms with Crippen molar-refractivity contribution in [3.05, 3.63) is 11.8 Å². The number of carbonyl (C=O) groups is 2. The zero-order valence-corrected chi connectivity index (χ0v) is 16.1. The molecule has 150 valence electrons. The Bertz CT molecular complexity index is 633. The average Bonchev–Trinajstić information content (AvgIpc) is 3.11. The van der Waals surface area contributed by atoms with Crippen molar-refractivity contribution in [2.75, 3.05) is 31.6 Å². The van der Waals surface area contributed by atoms with Crippen LogP contribution >= 0.6 is 0 Å². The van der Waals surface area contributed by atoms with Crippen LogP contribution in [0, 0.1) is 12.8 Å². The van der Waals surface area contributed by atoms with Crippen molar-refractivity contribution in [2.24, 2.45) is 5.92 Å². The van der Waals surface area contributed by atoms with E-state index in [1.54, 1.807) is 24.8 Å². The van der Waals surface area contributed by atoms with Crippen LogP contribution < -0.4 is 5.32 Å². The fourth-order valence-corrected chi connectivity index (χ4v) is 3.53. The molecule has 2 fully saturated rings. The van der Waals surface area contributed by atoms with Gasteiger partial charge in [0.15, 0.2) is 5.82 Å². The second-order valence-corrected chi connectivity index (χ2v) is 7.38. The third kappa shape index (κ3) is 5.52. The molecular formula is C19H29N3O5. The number of nitrogens with zero attached hydrogens (tertiary/aromatic N) is 2. The predicted octanol–water partition coefficient (Wildman–Crippen LogP) is 2.13. The first-order valence-electron chi connectivity index (χ1n) is 9.79. The molecule has 2 amide bonds. The maximum absolute atomic E-state index is 12.6. The fraction of sp³-hybridized carbons (Fsp3) is 0.737. The Labute approximate surface area is 159 Å². The van der Waals surface area contributed by atoms with E-state index in [1.165, 1.54) is 0 Å². The van der Waals surface area contributed by atoms with E-state index in [2.05, 4.69) is 10.5 Å². The highest BCUT2D eigenvalue weighted by atomic mass is 16.5. The molecule has 0 bridgehead atoms. The van der Waals surface area contributed by atoms with Crippen molar-refractivity contribution in [2.45, 2.75) is 58.2 Å². The Morgan fingerprint density at radius 2 is 2.11 bits per heavy atom. The molecule has 2 atom stereocenters. The predicted molar refractivity (Wildman–Crippen MR) is 98.2 cm³/mol. The molecule has 1 aromatic rings. The molecule has 0 aromatic carbocycles. The number of carbonyl (C=O) groups excluding carboxylic acids is 2. The summed E-state index contributed by atoms with van der Waals surface area (Å²) in [5.41, 5.74) is 0. The van der Waals surface area contributed by atoms with Gasteiger partial charge in [-0.3, -0.25) is 9.59 Å². The molecule has 3 rings (SSSR count). The van der Waals surface area contributed by atoms with Gasteiger partial charge in [0, 0.05) is 31.7 Å². The summed E-state index contributed by atoms with van der Waals surface area (Å²) in [6.45, 7) is 5.92. The summed E-state index contributed by atoms with van der Waals surface area (Å²) < 4.78 is 16.3. The van der Waals surface area contributed by atoms with Gasteiger partial charge in [0.1, 0.15) is 11.9 Å². The number of amides is 2. The van der Waals surface area contributed by atoms with Crippen molar-refractivity contribution < 1.29 is 23.6 Å². The summed E-state index contributed by atoms with van der Waals surface area (Å²) in [5.74, 6) is 0.866. The number of anilines is 1. The second-order valence-electron chi connectivity index (χ2n) is 7.38. The molecule has 2 aliphatic heterocycles. The standard InChI is InChI=1S/C19H29N3O5/c1-13-11-17(21-27-13)20-18(23)15-6-8-22(9-7-15)19(24)14(2)26-12-16-5-3-4-10-25-16/h11,14-16H,3-10,12H2,1-2H3,(H,20,21,23). The van der Waals surface area contributed by atoms with Crippen LogP contribution in [0.1, 0.15) is 44.8 Å². The molecule has 27 heavy (non-hydrogen) atoms. The van der Waals surface area contributed by atoms with Crippen LogP contribution in [-0.4, -0.2) is 60.4 Å². The van der Waals surface area contributed by atoms with Gasteiger partial charge in [-0.2, -0.15) is 0 Å². The molecule has 3 heterocycles. The van der Waals surface area contributed by atoms with E-state index < -0.39 is 6.10 Å². The highest BCUT2D eigenvalue weighted by Crippen LogP contribution is 2.21. The van der Waals surface area contributed by atoms with E-state index in [1.807, 2.05) is 0 Å². The van der Waals surface area contributed by atoms with Gasteiger partial charge in [-0.1, -0.05) is 5.16 Å². The molecule has 0 aliphatic carbocycles. The van der Waals surface area contributed by atoms with Gasteiger partial charge in [-0.15, -0.1) is 0 Å². The van der Waals surface area contributed by atoms with Gasteiger partial charge in [-0.05, 0) is 46.0 Å². The van der Waals surface area contributed by atoms with Crippen molar-refractivity contribution in [1.82, 2.24) is 10.1 Å². The van der Waals surface area contributed by atoms with Crippen LogP contribution in [0.3, 0.4) is 0 Å². The fourth-order valence-electron chi connectivity index (χ4n) is 3.53. The van der Waals surface area contributed by atoms with E-state index >= 15 is 0 Å². The Morgan fingerprint density at radius 3 is 2.74 bits per heavy atom. The van der Waals surface area contributed by atoms with Crippen LogP contribution in [0.2, 0.25) is 0 Å². The first kappa shape index (κ1) is 19.8. The minimum absolute atomic E-state index is 0.0169. The van der Waals surface area contributed by atoms with E-state index in [0.717, 1.165) is 25.9 Å². The number of likely N-dealkylation sites (tertiary alicyclic amines) is 1. The third-order valence-corrected chi connectivity index (χ3v) is 5.21. The van der Waals surface area contributed by atoms with E-state index in [9.17, 15) is 9.59 Å². The Hall–Kier alpha value is -1.93. The molecule has 1 aromatic heterocycles. The summed E-state index contributed by atoms with van der Waals surface area (Å²) in [7, 11) is 0. The summed E-state index contributed by atoms with van der Waals surface area (Å²) in [5, 5.41) is 6.55. The molecule has 0 spiro atoms. The number of ether oxygens (including phenoxy) is 2. The smallest absolute Gasteiger partial charge is 0.251 e. The van der Waals surface area contributed by atoms with Crippen LogP contribution in [-0.2, 0) is 19.1 Å². The maximum atomic E-state index is 12.6. The van der Waals surface area contributed by atoms with Gasteiger partial charge in [-0.25, -0.2) is 0 Å². The number of aryl methyl sites for hydroxylation is 1. The average molecular weight is 379 g/mol. The number of nitrogens with one attached hydrogen (secondary N) is 1. The maximum Gasteiger partial charge on any atom is 0.251 e. The Morgan fingerprint density at radius 1 is 1.33 bits per heavy atom. The lowest BCUT2D eigenvalue weighted by Crippen LogP contribution is -2.46. The third-order valence-electron chi connectivity index (χ3n) is 5.21. The first-order chi connectivity index (χ1) is 13.0. The quantitative estimate of drug-likeness (QED) is 0.814. The van der Waals surface area contributed by atoms with Crippen molar-refractivity contribution in [3.63, 3.8) is 0 Å². The monoisotopic (exact) mass is 379 g/mol. The Kier molecular flexibility index (Phi) is 6.84. The highest BCUT2D eigenvalue weighted by Gasteiger charge is 2.30. The van der Waals surface area contributed by atoms with Gasteiger partial charge in [0.2, 0.25) is 5.91 Å². The number of piperidine rings is 1. The minimum atomic E-state index is -0.487. The molecule has 1 N–H and O–H groups in total. The normalized spacial score (nSPS) is 22.4.